The Labute approximate surface area is 103 Å². The predicted molar refractivity (Wildman–Crippen MR) is 70.0 cm³/mol. The third kappa shape index (κ3) is 3.21. The van der Waals surface area contributed by atoms with E-state index in [0.717, 1.165) is 24.3 Å². The molecule has 0 saturated heterocycles. The molecule has 0 bridgehead atoms. The van der Waals surface area contributed by atoms with Crippen molar-refractivity contribution in [1.82, 2.24) is 0 Å². The number of aliphatic hydroxyl groups is 1. The first-order valence-electron chi connectivity index (χ1n) is 6.06. The molecule has 3 heteroatoms. The summed E-state index contributed by atoms with van der Waals surface area (Å²) in [6.45, 7) is 7.81. The largest absolute Gasteiger partial charge is 0.392 e. The van der Waals surface area contributed by atoms with Crippen LogP contribution in [0.1, 0.15) is 32.3 Å². The molecular weight excluding hydrogens is 212 g/mol. The van der Waals surface area contributed by atoms with Gasteiger partial charge in [0.1, 0.15) is 0 Å². The van der Waals surface area contributed by atoms with Gasteiger partial charge in [0.2, 0.25) is 0 Å². The minimum atomic E-state index is -0.640. The zero-order valence-corrected chi connectivity index (χ0v) is 10.7. The summed E-state index contributed by atoms with van der Waals surface area (Å²) in [6, 6.07) is 10.00. The number of anilines is 1. The fraction of sp³-hybridized carbons (Fsp3) is 0.500. The molecule has 92 valence electrons. The van der Waals surface area contributed by atoms with Crippen molar-refractivity contribution in [3.63, 3.8) is 0 Å². The van der Waals surface area contributed by atoms with E-state index in [2.05, 4.69) is 24.8 Å². The summed E-state index contributed by atoms with van der Waals surface area (Å²) in [7, 11) is 0. The Morgan fingerprint density at radius 1 is 1.24 bits per heavy atom. The van der Waals surface area contributed by atoms with Gasteiger partial charge in [-0.05, 0) is 38.5 Å². The third-order valence-corrected chi connectivity index (χ3v) is 3.00. The number of nitrogens with zero attached hydrogens (tertiary/aromatic N) is 2. The van der Waals surface area contributed by atoms with Gasteiger partial charge in [0.25, 0.3) is 0 Å². The van der Waals surface area contributed by atoms with Crippen molar-refractivity contribution in [3.05, 3.63) is 29.8 Å². The van der Waals surface area contributed by atoms with E-state index in [-0.39, 0.29) is 0 Å². The van der Waals surface area contributed by atoms with Crippen LogP contribution < -0.4 is 4.90 Å². The van der Waals surface area contributed by atoms with Gasteiger partial charge < -0.3 is 10.0 Å². The second-order valence-electron chi connectivity index (χ2n) is 4.11. The molecule has 1 aromatic carbocycles. The van der Waals surface area contributed by atoms with E-state index >= 15 is 0 Å². The maximum absolute atomic E-state index is 9.50. The Bertz CT molecular complexity index is 374. The van der Waals surface area contributed by atoms with Gasteiger partial charge in [-0.1, -0.05) is 12.1 Å². The standard InChI is InChI=1S/C14H20N2O/c1-4-16(5-2)13-8-6-12(7-9-13)14(10-15)11(3)17/h6-9,11,14,17H,4-5H2,1-3H3. The first kappa shape index (κ1) is 13.5. The molecule has 0 aliphatic heterocycles. The lowest BCUT2D eigenvalue weighted by Crippen LogP contribution is -2.21. The van der Waals surface area contributed by atoms with Crippen molar-refractivity contribution in [1.29, 1.82) is 5.26 Å². The average molecular weight is 232 g/mol. The molecule has 0 aliphatic rings. The predicted octanol–water partition coefficient (Wildman–Crippen LogP) is 2.52. The van der Waals surface area contributed by atoms with E-state index in [0.29, 0.717) is 0 Å². The molecule has 1 aromatic rings. The zero-order chi connectivity index (χ0) is 12.8. The van der Waals surface area contributed by atoms with Crippen molar-refractivity contribution in [2.45, 2.75) is 32.8 Å². The summed E-state index contributed by atoms with van der Waals surface area (Å²) >= 11 is 0. The van der Waals surface area contributed by atoms with Crippen LogP contribution in [-0.2, 0) is 0 Å². The number of benzene rings is 1. The van der Waals surface area contributed by atoms with Crippen LogP contribution >= 0.6 is 0 Å². The van der Waals surface area contributed by atoms with Crippen molar-refractivity contribution >= 4 is 5.69 Å². The van der Waals surface area contributed by atoms with Crippen LogP contribution in [0.25, 0.3) is 0 Å². The van der Waals surface area contributed by atoms with Crippen molar-refractivity contribution < 1.29 is 5.11 Å². The second-order valence-corrected chi connectivity index (χ2v) is 4.11. The van der Waals surface area contributed by atoms with Gasteiger partial charge in [-0.15, -0.1) is 0 Å². The van der Waals surface area contributed by atoms with Crippen molar-refractivity contribution in [2.24, 2.45) is 0 Å². The van der Waals surface area contributed by atoms with Crippen LogP contribution in [0.5, 0.6) is 0 Å². The van der Waals surface area contributed by atoms with E-state index in [1.54, 1.807) is 6.92 Å². The highest BCUT2D eigenvalue weighted by molar-refractivity contribution is 5.48. The summed E-state index contributed by atoms with van der Waals surface area (Å²) in [6.07, 6.45) is -0.640. The van der Waals surface area contributed by atoms with E-state index in [1.807, 2.05) is 24.3 Å². The molecule has 0 radical (unpaired) electrons. The molecule has 2 unspecified atom stereocenters. The SMILES string of the molecule is CCN(CC)c1ccc(C(C#N)C(C)O)cc1. The maximum Gasteiger partial charge on any atom is 0.0969 e. The van der Waals surface area contributed by atoms with Crippen LogP contribution in [0.15, 0.2) is 24.3 Å². The molecule has 2 atom stereocenters. The monoisotopic (exact) mass is 232 g/mol. The molecule has 1 N–H and O–H groups in total. The summed E-state index contributed by atoms with van der Waals surface area (Å²) in [4.78, 5) is 2.24. The molecule has 0 fully saturated rings. The third-order valence-electron chi connectivity index (χ3n) is 3.00. The molecule has 3 nitrogen and oxygen atoms in total. The summed E-state index contributed by atoms with van der Waals surface area (Å²) in [5.74, 6) is -0.444. The normalized spacial score (nSPS) is 13.8. The Kier molecular flexibility index (Phi) is 4.99. The second kappa shape index (κ2) is 6.27. The molecule has 0 aliphatic carbocycles. The minimum Gasteiger partial charge on any atom is -0.392 e. The quantitative estimate of drug-likeness (QED) is 0.848. The molecule has 0 saturated carbocycles. The first-order chi connectivity index (χ1) is 8.13. The zero-order valence-electron chi connectivity index (χ0n) is 10.7. The highest BCUT2D eigenvalue weighted by atomic mass is 16.3. The summed E-state index contributed by atoms with van der Waals surface area (Å²) < 4.78 is 0. The summed E-state index contributed by atoms with van der Waals surface area (Å²) in [5, 5.41) is 18.5. The van der Waals surface area contributed by atoms with E-state index in [1.165, 1.54) is 0 Å². The fourth-order valence-electron chi connectivity index (χ4n) is 1.94. The number of nitriles is 1. The van der Waals surface area contributed by atoms with E-state index in [4.69, 9.17) is 5.26 Å². The van der Waals surface area contributed by atoms with Gasteiger partial charge in [-0.25, -0.2) is 0 Å². The van der Waals surface area contributed by atoms with Gasteiger partial charge in [0.05, 0.1) is 18.1 Å². The Balaban J connectivity index is 2.91. The lowest BCUT2D eigenvalue weighted by Gasteiger charge is -2.21. The van der Waals surface area contributed by atoms with E-state index in [9.17, 15) is 5.11 Å². The molecule has 0 aromatic heterocycles. The fourth-order valence-corrected chi connectivity index (χ4v) is 1.94. The van der Waals surface area contributed by atoms with Crippen LogP contribution in [-0.4, -0.2) is 24.3 Å². The number of hydrogen-bond acceptors (Lipinski definition) is 3. The average Bonchev–Trinajstić information content (AvgIpc) is 2.33. The van der Waals surface area contributed by atoms with Crippen LogP contribution in [0, 0.1) is 11.3 Å². The lowest BCUT2D eigenvalue weighted by molar-refractivity contribution is 0.181. The van der Waals surface area contributed by atoms with Gasteiger partial charge in [-0.3, -0.25) is 0 Å². The summed E-state index contributed by atoms with van der Waals surface area (Å²) in [5.41, 5.74) is 2.03. The molecule has 0 heterocycles. The molecule has 0 amide bonds. The maximum atomic E-state index is 9.50. The Hall–Kier alpha value is -1.53. The van der Waals surface area contributed by atoms with Crippen molar-refractivity contribution in [3.8, 4) is 6.07 Å². The van der Waals surface area contributed by atoms with Crippen LogP contribution in [0.4, 0.5) is 5.69 Å². The molecule has 17 heavy (non-hydrogen) atoms. The van der Waals surface area contributed by atoms with Gasteiger partial charge in [0.15, 0.2) is 0 Å². The molecular formula is C14H20N2O. The lowest BCUT2D eigenvalue weighted by atomic mass is 9.95. The smallest absolute Gasteiger partial charge is 0.0969 e. The van der Waals surface area contributed by atoms with Crippen LogP contribution in [0.3, 0.4) is 0 Å². The number of aliphatic hydroxyl groups excluding tert-OH is 1. The van der Waals surface area contributed by atoms with Gasteiger partial charge in [-0.2, -0.15) is 5.26 Å². The van der Waals surface area contributed by atoms with E-state index < -0.39 is 12.0 Å². The van der Waals surface area contributed by atoms with Crippen LogP contribution in [0.2, 0.25) is 0 Å². The number of rotatable bonds is 5. The Morgan fingerprint density at radius 3 is 2.12 bits per heavy atom. The highest BCUT2D eigenvalue weighted by Gasteiger charge is 2.16. The number of hydrogen-bond donors (Lipinski definition) is 1. The van der Waals surface area contributed by atoms with Gasteiger partial charge in [0, 0.05) is 18.8 Å². The van der Waals surface area contributed by atoms with Gasteiger partial charge >= 0.3 is 0 Å². The minimum absolute atomic E-state index is 0.444. The molecule has 0 spiro atoms. The van der Waals surface area contributed by atoms with Crippen molar-refractivity contribution in [2.75, 3.05) is 18.0 Å². The topological polar surface area (TPSA) is 47.3 Å². The first-order valence-corrected chi connectivity index (χ1v) is 6.06. The Morgan fingerprint density at radius 2 is 1.76 bits per heavy atom. The molecule has 1 rings (SSSR count). The highest BCUT2D eigenvalue weighted by Crippen LogP contribution is 2.22.